The van der Waals surface area contributed by atoms with Gasteiger partial charge in [-0.05, 0) is 37.6 Å². The molecule has 0 aliphatic rings. The van der Waals surface area contributed by atoms with Crippen LogP contribution >= 0.6 is 0 Å². The number of benzene rings is 1. The smallest absolute Gasteiger partial charge is 0.324 e. The van der Waals surface area contributed by atoms with E-state index in [-0.39, 0.29) is 11.5 Å². The van der Waals surface area contributed by atoms with Crippen molar-refractivity contribution >= 4 is 15.8 Å². The van der Waals surface area contributed by atoms with Gasteiger partial charge in [-0.3, -0.25) is 4.79 Å². The maximum Gasteiger partial charge on any atom is 0.324 e. The number of ether oxygens (including phenoxy) is 2. The molecule has 6 heteroatoms. The van der Waals surface area contributed by atoms with E-state index in [1.807, 2.05) is 0 Å². The monoisotopic (exact) mass is 426 g/mol. The maximum absolute atomic E-state index is 13.0. The highest BCUT2D eigenvalue weighted by Gasteiger charge is 2.34. The van der Waals surface area contributed by atoms with Gasteiger partial charge in [0.1, 0.15) is 5.75 Å². The normalized spacial score (nSPS) is 12.5. The zero-order valence-electron chi connectivity index (χ0n) is 18.3. The number of hydrogen-bond donors (Lipinski definition) is 0. The molecule has 0 aromatic heterocycles. The van der Waals surface area contributed by atoms with Crippen molar-refractivity contribution in [2.24, 2.45) is 0 Å². The second-order valence-corrected chi connectivity index (χ2v) is 9.56. The summed E-state index contributed by atoms with van der Waals surface area (Å²) in [5.74, 6) is -0.0782. The van der Waals surface area contributed by atoms with Crippen LogP contribution in [0.1, 0.15) is 84.5 Å². The summed E-state index contributed by atoms with van der Waals surface area (Å²) < 4.78 is 36.1. The van der Waals surface area contributed by atoms with Crippen LogP contribution in [0.3, 0.4) is 0 Å². The first-order valence-corrected chi connectivity index (χ1v) is 12.6. The Hall–Kier alpha value is -1.56. The number of carbonyl (C=O) groups excluding carboxylic acids is 1. The van der Waals surface area contributed by atoms with Crippen LogP contribution in [0.2, 0.25) is 0 Å². The third-order valence-corrected chi connectivity index (χ3v) is 7.24. The highest BCUT2D eigenvalue weighted by Crippen LogP contribution is 2.24. The molecule has 166 valence electrons. The molecule has 1 aromatic carbocycles. The van der Waals surface area contributed by atoms with E-state index in [9.17, 15) is 13.2 Å². The van der Waals surface area contributed by atoms with Crippen LogP contribution in [0.4, 0.5) is 0 Å². The fourth-order valence-electron chi connectivity index (χ4n) is 3.38. The summed E-state index contributed by atoms with van der Waals surface area (Å²) in [6.07, 6.45) is 11.9. The molecule has 0 fully saturated rings. The summed E-state index contributed by atoms with van der Waals surface area (Å²) in [7, 11) is -2.26. The summed E-state index contributed by atoms with van der Waals surface area (Å²) in [6.45, 7) is 4.08. The van der Waals surface area contributed by atoms with Crippen molar-refractivity contribution in [3.8, 4) is 5.75 Å². The van der Waals surface area contributed by atoms with Gasteiger partial charge in [-0.15, -0.1) is 0 Å². The molecule has 5 nitrogen and oxygen atoms in total. The summed E-state index contributed by atoms with van der Waals surface area (Å²) in [5.41, 5.74) is 0. The standard InChI is InChI=1S/C23H38O5S/c1-4-6-7-8-9-10-11-12-13-14-15-22(23(24)28-5-2)29(25,26)21-18-16-20(27-3)17-19-21/h16-19,22H,4-15H2,1-3H3. The van der Waals surface area contributed by atoms with Crippen LogP contribution in [0.25, 0.3) is 0 Å². The van der Waals surface area contributed by atoms with Gasteiger partial charge < -0.3 is 9.47 Å². The third-order valence-electron chi connectivity index (χ3n) is 5.13. The van der Waals surface area contributed by atoms with Gasteiger partial charge in [0.05, 0.1) is 18.6 Å². The minimum absolute atomic E-state index is 0.128. The van der Waals surface area contributed by atoms with E-state index >= 15 is 0 Å². The molecule has 1 unspecified atom stereocenters. The van der Waals surface area contributed by atoms with Gasteiger partial charge >= 0.3 is 5.97 Å². The van der Waals surface area contributed by atoms with E-state index in [2.05, 4.69) is 6.92 Å². The number of methoxy groups -OCH3 is 1. The minimum atomic E-state index is -3.79. The zero-order valence-corrected chi connectivity index (χ0v) is 19.1. The van der Waals surface area contributed by atoms with E-state index in [1.54, 1.807) is 19.1 Å². The predicted octanol–water partition coefficient (Wildman–Crippen LogP) is 5.71. The van der Waals surface area contributed by atoms with Crippen LogP contribution in [-0.4, -0.2) is 33.4 Å². The lowest BCUT2D eigenvalue weighted by Crippen LogP contribution is -2.32. The number of sulfone groups is 1. The first kappa shape index (κ1) is 25.5. The van der Waals surface area contributed by atoms with Crippen molar-refractivity contribution in [3.63, 3.8) is 0 Å². The molecule has 0 spiro atoms. The van der Waals surface area contributed by atoms with Crippen LogP contribution < -0.4 is 4.74 Å². The Labute approximate surface area is 177 Å². The SMILES string of the molecule is CCCCCCCCCCCCC(C(=O)OCC)S(=O)(=O)c1ccc(OC)cc1. The first-order chi connectivity index (χ1) is 14.0. The van der Waals surface area contributed by atoms with Gasteiger partial charge in [0.15, 0.2) is 15.1 Å². The Kier molecular flexibility index (Phi) is 12.7. The van der Waals surface area contributed by atoms with E-state index < -0.39 is 21.1 Å². The molecule has 0 saturated heterocycles. The fourth-order valence-corrected chi connectivity index (χ4v) is 5.02. The van der Waals surface area contributed by atoms with Crippen molar-refractivity contribution in [2.75, 3.05) is 13.7 Å². The lowest BCUT2D eigenvalue weighted by molar-refractivity contribution is -0.142. The highest BCUT2D eigenvalue weighted by atomic mass is 32.2. The van der Waals surface area contributed by atoms with Crippen molar-refractivity contribution < 1.29 is 22.7 Å². The highest BCUT2D eigenvalue weighted by molar-refractivity contribution is 7.92. The third kappa shape index (κ3) is 9.20. The van der Waals surface area contributed by atoms with Gasteiger partial charge in [-0.2, -0.15) is 0 Å². The average Bonchev–Trinajstić information content (AvgIpc) is 2.72. The Bertz CT molecular complexity index is 667. The molecule has 29 heavy (non-hydrogen) atoms. The Morgan fingerprint density at radius 3 is 1.86 bits per heavy atom. The molecular weight excluding hydrogens is 388 g/mol. The van der Waals surface area contributed by atoms with Crippen molar-refractivity contribution in [3.05, 3.63) is 24.3 Å². The van der Waals surface area contributed by atoms with Crippen molar-refractivity contribution in [1.29, 1.82) is 0 Å². The molecule has 1 rings (SSSR count). The van der Waals surface area contributed by atoms with Gasteiger partial charge in [0.25, 0.3) is 0 Å². The van der Waals surface area contributed by atoms with E-state index in [0.29, 0.717) is 18.6 Å². The summed E-state index contributed by atoms with van der Waals surface area (Å²) in [4.78, 5) is 12.5. The molecule has 0 N–H and O–H groups in total. The molecule has 0 aliphatic heterocycles. The van der Waals surface area contributed by atoms with E-state index in [4.69, 9.17) is 9.47 Å². The number of carbonyl (C=O) groups is 1. The van der Waals surface area contributed by atoms with E-state index in [0.717, 1.165) is 12.8 Å². The molecule has 0 radical (unpaired) electrons. The topological polar surface area (TPSA) is 69.7 Å². The summed E-state index contributed by atoms with van der Waals surface area (Å²) in [6, 6.07) is 6.16. The largest absolute Gasteiger partial charge is 0.497 e. The average molecular weight is 427 g/mol. The molecule has 0 amide bonds. The Morgan fingerprint density at radius 2 is 1.38 bits per heavy atom. The fraction of sp³-hybridized carbons (Fsp3) is 0.696. The summed E-state index contributed by atoms with van der Waals surface area (Å²) >= 11 is 0. The number of esters is 1. The first-order valence-electron chi connectivity index (χ1n) is 11.0. The number of unbranched alkanes of at least 4 members (excludes halogenated alkanes) is 9. The van der Waals surface area contributed by atoms with Gasteiger partial charge in [0, 0.05) is 0 Å². The van der Waals surface area contributed by atoms with Gasteiger partial charge in [-0.1, -0.05) is 71.1 Å². The molecule has 0 heterocycles. The molecule has 0 bridgehead atoms. The molecule has 0 saturated carbocycles. The lowest BCUT2D eigenvalue weighted by atomic mass is 10.1. The second kappa shape index (κ2) is 14.4. The molecular formula is C23H38O5S. The molecule has 1 aromatic rings. The van der Waals surface area contributed by atoms with Gasteiger partial charge in [-0.25, -0.2) is 8.42 Å². The number of rotatable bonds is 16. The second-order valence-electron chi connectivity index (χ2n) is 7.43. The molecule has 1 atom stereocenters. The van der Waals surface area contributed by atoms with Crippen molar-refractivity contribution in [2.45, 2.75) is 94.6 Å². The Morgan fingerprint density at radius 1 is 0.862 bits per heavy atom. The maximum atomic E-state index is 13.0. The van der Waals surface area contributed by atoms with E-state index in [1.165, 1.54) is 64.2 Å². The lowest BCUT2D eigenvalue weighted by Gasteiger charge is -2.16. The summed E-state index contributed by atoms with van der Waals surface area (Å²) in [5, 5.41) is -1.15. The molecule has 0 aliphatic carbocycles. The van der Waals surface area contributed by atoms with Crippen LogP contribution in [0.15, 0.2) is 29.2 Å². The number of hydrogen-bond acceptors (Lipinski definition) is 5. The van der Waals surface area contributed by atoms with Crippen LogP contribution in [0, 0.1) is 0 Å². The van der Waals surface area contributed by atoms with Crippen LogP contribution in [0.5, 0.6) is 5.75 Å². The predicted molar refractivity (Wildman–Crippen MR) is 117 cm³/mol. The minimum Gasteiger partial charge on any atom is -0.497 e. The quantitative estimate of drug-likeness (QED) is 0.250. The van der Waals surface area contributed by atoms with Gasteiger partial charge in [0.2, 0.25) is 0 Å². The van der Waals surface area contributed by atoms with Crippen molar-refractivity contribution in [1.82, 2.24) is 0 Å². The zero-order chi connectivity index (χ0) is 21.5. The van der Waals surface area contributed by atoms with Crippen LogP contribution in [-0.2, 0) is 19.4 Å². The Balaban J connectivity index is 2.54.